The highest BCUT2D eigenvalue weighted by atomic mass is 32.5. The standard InChI is InChI=1S/C21H25F2N9O9P2S2/c22-10-8(3-33)38-20(32-6-28-12-17(32)29-21(25)30-18(12)34)14(10)41-43(36,45)37-4-9-13(40-42(35)44)11(23)19(39-9)31-2-1-7-15(24)26-5-27-16(7)31/h1-2,5-6,8-11,13-14,19-20,33,42H,3-4H2,(H,35,44)(H,36,45)(H2,24,26,27)(H3,25,29,30,34)/t8-,9-,10-,11+,13-,14-,19-,20-,43?/m1/s1. The molecular weight excluding hydrogens is 686 g/mol. The summed E-state index contributed by atoms with van der Waals surface area (Å²) < 4.78 is 61.4. The topological polar surface area (TPSA) is 253 Å². The van der Waals surface area contributed by atoms with Crippen LogP contribution in [0.2, 0.25) is 0 Å². The number of nitrogens with zero attached hydrogens (tertiary/aromatic N) is 6. The molecule has 0 aliphatic carbocycles. The second kappa shape index (κ2) is 12.5. The van der Waals surface area contributed by atoms with Gasteiger partial charge in [-0.05, 0) is 29.7 Å². The highest BCUT2D eigenvalue weighted by Gasteiger charge is 2.51. The molecule has 4 aromatic heterocycles. The fourth-order valence-corrected chi connectivity index (χ4v) is 7.42. The molecule has 0 spiro atoms. The van der Waals surface area contributed by atoms with E-state index in [0.29, 0.717) is 5.39 Å². The number of imidazole rings is 1. The van der Waals surface area contributed by atoms with E-state index in [1.807, 2.05) is 0 Å². The van der Waals surface area contributed by atoms with Crippen molar-refractivity contribution in [3.63, 3.8) is 0 Å². The lowest BCUT2D eigenvalue weighted by Gasteiger charge is -2.26. The Balaban J connectivity index is 1.22. The maximum Gasteiger partial charge on any atom is 0.325 e. The Morgan fingerprint density at radius 3 is 2.60 bits per heavy atom. The number of hydrogen-bond donors (Lipinski definition) is 6. The summed E-state index contributed by atoms with van der Waals surface area (Å²) in [6.45, 7) is -5.81. The van der Waals surface area contributed by atoms with Crippen molar-refractivity contribution in [2.75, 3.05) is 24.7 Å². The number of nitrogen functional groups attached to an aromatic ring is 2. The van der Waals surface area contributed by atoms with Gasteiger partial charge in [0.1, 0.15) is 42.2 Å². The first kappa shape index (κ1) is 32.4. The highest BCUT2D eigenvalue weighted by Crippen LogP contribution is 2.51. The summed E-state index contributed by atoms with van der Waals surface area (Å²) >= 11 is 9.90. The van der Waals surface area contributed by atoms with Gasteiger partial charge in [-0.1, -0.05) is 0 Å². The predicted molar refractivity (Wildman–Crippen MR) is 159 cm³/mol. The minimum Gasteiger partial charge on any atom is -0.394 e. The summed E-state index contributed by atoms with van der Waals surface area (Å²) in [5.74, 6) is -0.105. The number of nitrogens with one attached hydrogen (secondary N) is 1. The van der Waals surface area contributed by atoms with Crippen molar-refractivity contribution in [1.82, 2.24) is 34.1 Å². The number of aromatic nitrogens is 7. The molecule has 0 aromatic carbocycles. The van der Waals surface area contributed by atoms with Gasteiger partial charge < -0.3 is 49.4 Å². The average Bonchev–Trinajstić information content (AvgIpc) is 3.73. The molecule has 0 bridgehead atoms. The van der Waals surface area contributed by atoms with Gasteiger partial charge in [0.15, 0.2) is 43.1 Å². The lowest BCUT2D eigenvalue weighted by molar-refractivity contribution is -0.0540. The molecule has 10 atom stereocenters. The zero-order valence-corrected chi connectivity index (χ0v) is 26.0. The smallest absolute Gasteiger partial charge is 0.325 e. The Hall–Kier alpha value is -2.59. The lowest BCUT2D eigenvalue weighted by Crippen LogP contribution is -2.34. The molecule has 2 aliphatic heterocycles. The summed E-state index contributed by atoms with van der Waals surface area (Å²) in [4.78, 5) is 51.3. The van der Waals surface area contributed by atoms with Crippen LogP contribution in [0.15, 0.2) is 29.7 Å². The van der Waals surface area contributed by atoms with Crippen LogP contribution in [0.4, 0.5) is 20.5 Å². The van der Waals surface area contributed by atoms with Gasteiger partial charge in [0.2, 0.25) is 5.95 Å². The van der Waals surface area contributed by atoms with Gasteiger partial charge in [-0.3, -0.25) is 18.9 Å². The summed E-state index contributed by atoms with van der Waals surface area (Å²) in [7, 11) is -2.86. The summed E-state index contributed by atoms with van der Waals surface area (Å²) in [6.07, 6.45) is -8.88. The van der Waals surface area contributed by atoms with Gasteiger partial charge in [-0.2, -0.15) is 4.98 Å². The van der Waals surface area contributed by atoms with Crippen molar-refractivity contribution < 1.29 is 46.7 Å². The first-order chi connectivity index (χ1) is 21.4. The normalized spacial score (nSPS) is 30.7. The molecule has 2 fully saturated rings. The molecule has 0 radical (unpaired) electrons. The third-order valence-corrected chi connectivity index (χ3v) is 9.47. The van der Waals surface area contributed by atoms with Gasteiger partial charge in [0.05, 0.1) is 24.9 Å². The fraction of sp³-hybridized carbons (Fsp3) is 0.476. The SMILES string of the molecule is Nc1nc2c(ncn2[C@@H]2O[C@H](CO)[C@@H](F)[C@H]2OP(O)(=S)OC[C@H]2O[C@@H](n3ccc4c(N)ncnc43)[C@@H](F)[C@@H]2O[PH](O)=S)c(=O)[nH]1. The van der Waals surface area contributed by atoms with Gasteiger partial charge in [0.25, 0.3) is 5.56 Å². The Labute approximate surface area is 261 Å². The number of nitrogens with two attached hydrogens (primary N) is 2. The van der Waals surface area contributed by atoms with Gasteiger partial charge in [-0.25, -0.2) is 23.7 Å². The Morgan fingerprint density at radius 2 is 1.87 bits per heavy atom. The first-order valence-corrected chi connectivity index (χ1v) is 18.0. The Morgan fingerprint density at radius 1 is 1.11 bits per heavy atom. The van der Waals surface area contributed by atoms with Crippen LogP contribution in [0, 0.1) is 0 Å². The summed E-state index contributed by atoms with van der Waals surface area (Å²) in [5, 5.41) is 10.1. The van der Waals surface area contributed by atoms with E-state index in [1.54, 1.807) is 6.07 Å². The van der Waals surface area contributed by atoms with E-state index in [-0.39, 0.29) is 28.6 Å². The number of H-pyrrole nitrogens is 1. The second-order valence-corrected chi connectivity index (χ2v) is 14.5. The minimum absolute atomic E-state index is 0.0951. The molecule has 4 aromatic rings. The molecule has 24 heteroatoms. The van der Waals surface area contributed by atoms with Gasteiger partial charge in [0, 0.05) is 6.20 Å². The van der Waals surface area contributed by atoms with Crippen LogP contribution in [-0.4, -0.2) is 98.9 Å². The molecular formula is C21H25F2N9O9P2S2. The van der Waals surface area contributed by atoms with E-state index in [0.717, 1.165) is 10.9 Å². The second-order valence-electron chi connectivity index (χ2n) is 9.88. The van der Waals surface area contributed by atoms with Crippen molar-refractivity contribution in [2.45, 2.75) is 49.2 Å². The summed E-state index contributed by atoms with van der Waals surface area (Å²) in [6, 6.07) is 1.56. The van der Waals surface area contributed by atoms with Crippen LogP contribution in [0.1, 0.15) is 12.5 Å². The van der Waals surface area contributed by atoms with Crippen molar-refractivity contribution in [2.24, 2.45) is 0 Å². The number of aliphatic hydroxyl groups excluding tert-OH is 1. The van der Waals surface area contributed by atoms with E-state index in [1.165, 1.54) is 17.1 Å². The van der Waals surface area contributed by atoms with Gasteiger partial charge >= 0.3 is 6.72 Å². The number of aliphatic hydroxyl groups is 1. The monoisotopic (exact) mass is 711 g/mol. The number of rotatable bonds is 10. The Kier molecular flexibility index (Phi) is 9.02. The molecule has 6 rings (SSSR count). The number of fused-ring (bicyclic) bond motifs is 2. The van der Waals surface area contributed by atoms with Crippen LogP contribution < -0.4 is 17.0 Å². The van der Waals surface area contributed by atoms with Gasteiger partial charge in [-0.15, -0.1) is 0 Å². The maximum atomic E-state index is 15.7. The highest BCUT2D eigenvalue weighted by molar-refractivity contribution is 8.07. The molecule has 2 saturated heterocycles. The van der Waals surface area contributed by atoms with Crippen LogP contribution >= 0.6 is 13.9 Å². The Bertz CT molecular complexity index is 1870. The molecule has 6 heterocycles. The molecule has 18 nitrogen and oxygen atoms in total. The quantitative estimate of drug-likeness (QED) is 0.115. The van der Waals surface area contributed by atoms with E-state index >= 15 is 8.78 Å². The molecule has 45 heavy (non-hydrogen) atoms. The lowest BCUT2D eigenvalue weighted by atomic mass is 10.1. The molecule has 2 unspecified atom stereocenters. The third-order valence-electron chi connectivity index (χ3n) is 7.14. The number of anilines is 2. The molecule has 244 valence electrons. The van der Waals surface area contributed by atoms with Crippen molar-refractivity contribution >= 4 is 71.4 Å². The van der Waals surface area contributed by atoms with Crippen molar-refractivity contribution in [3.05, 3.63) is 35.3 Å². The number of hydrogen-bond acceptors (Lipinski definition) is 15. The van der Waals surface area contributed by atoms with E-state index in [4.69, 9.17) is 58.1 Å². The molecule has 0 amide bonds. The van der Waals surface area contributed by atoms with E-state index < -0.39 is 81.9 Å². The number of halogens is 2. The zero-order chi connectivity index (χ0) is 32.2. The van der Waals surface area contributed by atoms with Crippen LogP contribution in [0.5, 0.6) is 0 Å². The van der Waals surface area contributed by atoms with Crippen LogP contribution in [-0.2, 0) is 46.7 Å². The molecule has 2 aliphatic rings. The predicted octanol–water partition coefficient (Wildman–Crippen LogP) is -0.306. The summed E-state index contributed by atoms with van der Waals surface area (Å²) in [5.41, 5.74) is 10.9. The maximum absolute atomic E-state index is 15.7. The van der Waals surface area contributed by atoms with Crippen molar-refractivity contribution in [1.29, 1.82) is 0 Å². The molecule has 0 saturated carbocycles. The number of alkyl halides is 2. The van der Waals surface area contributed by atoms with E-state index in [2.05, 4.69) is 24.9 Å². The van der Waals surface area contributed by atoms with Crippen LogP contribution in [0.25, 0.3) is 22.2 Å². The van der Waals surface area contributed by atoms with Crippen molar-refractivity contribution in [3.8, 4) is 0 Å². The largest absolute Gasteiger partial charge is 0.394 e. The number of aromatic amines is 1. The average molecular weight is 712 g/mol. The van der Waals surface area contributed by atoms with Crippen LogP contribution in [0.3, 0.4) is 0 Å². The van der Waals surface area contributed by atoms with E-state index in [9.17, 15) is 19.7 Å². The molecule has 8 N–H and O–H groups in total. The first-order valence-electron chi connectivity index (χ1n) is 12.9. The minimum atomic E-state index is -4.39. The fourth-order valence-electron chi connectivity index (χ4n) is 5.16. The number of ether oxygens (including phenoxy) is 2. The third kappa shape index (κ3) is 6.13. The zero-order valence-electron chi connectivity index (χ0n) is 22.5.